The van der Waals surface area contributed by atoms with Gasteiger partial charge in [-0.05, 0) is 30.5 Å². The minimum atomic E-state index is -0.0210. The molecule has 0 spiro atoms. The van der Waals surface area contributed by atoms with Gasteiger partial charge in [0, 0.05) is 18.3 Å². The number of nitrogens with zero attached hydrogens (tertiary/aromatic N) is 2. The molecule has 86 valence electrons. The lowest BCUT2D eigenvalue weighted by molar-refractivity contribution is -0.121. The number of hydrogen-bond acceptors (Lipinski definition) is 2. The summed E-state index contributed by atoms with van der Waals surface area (Å²) in [6.45, 7) is 2.80. The van der Waals surface area contributed by atoms with Crippen molar-refractivity contribution in [2.24, 2.45) is 0 Å². The van der Waals surface area contributed by atoms with Crippen LogP contribution in [0, 0.1) is 11.3 Å². The second kappa shape index (κ2) is 4.71. The summed E-state index contributed by atoms with van der Waals surface area (Å²) in [6, 6.07) is 9.51. The number of nitrogens with one attached hydrogen (secondary N) is 1. The van der Waals surface area contributed by atoms with Crippen molar-refractivity contribution in [3.8, 4) is 6.07 Å². The molecule has 0 saturated carbocycles. The summed E-state index contributed by atoms with van der Waals surface area (Å²) in [4.78, 5) is 11.5. The standard InChI is InChI=1S/C13H13N3O/c1-2-15-13(17)9-16-6-5-11-4-3-10(8-14)7-12(11)16/h3-7H,2,9H2,1H3,(H,15,17). The van der Waals surface area contributed by atoms with Gasteiger partial charge in [-0.25, -0.2) is 0 Å². The Morgan fingerprint density at radius 3 is 3.00 bits per heavy atom. The highest BCUT2D eigenvalue weighted by atomic mass is 16.1. The van der Waals surface area contributed by atoms with Crippen LogP contribution in [0.5, 0.6) is 0 Å². The molecule has 2 aromatic rings. The summed E-state index contributed by atoms with van der Waals surface area (Å²) in [5.41, 5.74) is 1.52. The first-order valence-corrected chi connectivity index (χ1v) is 5.50. The van der Waals surface area contributed by atoms with Gasteiger partial charge in [0.15, 0.2) is 0 Å². The zero-order chi connectivity index (χ0) is 12.3. The normalized spacial score (nSPS) is 10.1. The Morgan fingerprint density at radius 1 is 1.47 bits per heavy atom. The fraction of sp³-hybridized carbons (Fsp3) is 0.231. The lowest BCUT2D eigenvalue weighted by Gasteiger charge is -2.05. The van der Waals surface area contributed by atoms with E-state index in [9.17, 15) is 4.79 Å². The van der Waals surface area contributed by atoms with E-state index in [2.05, 4.69) is 11.4 Å². The Morgan fingerprint density at radius 2 is 2.29 bits per heavy atom. The lowest BCUT2D eigenvalue weighted by atomic mass is 10.2. The van der Waals surface area contributed by atoms with Crippen molar-refractivity contribution in [1.29, 1.82) is 5.26 Å². The van der Waals surface area contributed by atoms with Crippen molar-refractivity contribution in [3.05, 3.63) is 36.0 Å². The topological polar surface area (TPSA) is 57.8 Å². The van der Waals surface area contributed by atoms with E-state index in [1.54, 1.807) is 12.1 Å². The van der Waals surface area contributed by atoms with E-state index < -0.39 is 0 Å². The number of benzene rings is 1. The lowest BCUT2D eigenvalue weighted by Crippen LogP contribution is -2.26. The highest BCUT2D eigenvalue weighted by molar-refractivity contribution is 5.84. The zero-order valence-corrected chi connectivity index (χ0v) is 9.60. The molecule has 0 aliphatic carbocycles. The van der Waals surface area contributed by atoms with Gasteiger partial charge < -0.3 is 9.88 Å². The van der Waals surface area contributed by atoms with E-state index >= 15 is 0 Å². The van der Waals surface area contributed by atoms with E-state index in [1.165, 1.54) is 0 Å². The van der Waals surface area contributed by atoms with Gasteiger partial charge in [0.05, 0.1) is 11.6 Å². The van der Waals surface area contributed by atoms with Gasteiger partial charge in [-0.2, -0.15) is 5.26 Å². The molecule has 0 unspecified atom stereocenters. The maximum atomic E-state index is 11.5. The second-order valence-electron chi connectivity index (χ2n) is 3.78. The minimum Gasteiger partial charge on any atom is -0.355 e. The molecule has 0 atom stereocenters. The average molecular weight is 227 g/mol. The van der Waals surface area contributed by atoms with Crippen LogP contribution in [-0.4, -0.2) is 17.0 Å². The molecule has 0 aliphatic rings. The van der Waals surface area contributed by atoms with Gasteiger partial charge in [-0.15, -0.1) is 0 Å². The Balaban J connectivity index is 2.35. The molecule has 0 saturated heterocycles. The third kappa shape index (κ3) is 2.28. The Hall–Kier alpha value is -2.28. The number of nitriles is 1. The van der Waals surface area contributed by atoms with Gasteiger partial charge in [0.25, 0.3) is 0 Å². The number of rotatable bonds is 3. The Labute approximate surface area is 99.5 Å². The van der Waals surface area contributed by atoms with Crippen molar-refractivity contribution in [2.45, 2.75) is 13.5 Å². The quantitative estimate of drug-likeness (QED) is 0.866. The van der Waals surface area contributed by atoms with Crippen LogP contribution in [0.25, 0.3) is 10.9 Å². The monoisotopic (exact) mass is 227 g/mol. The van der Waals surface area contributed by atoms with Crippen molar-refractivity contribution in [2.75, 3.05) is 6.54 Å². The van der Waals surface area contributed by atoms with Crippen LogP contribution in [-0.2, 0) is 11.3 Å². The summed E-state index contributed by atoms with van der Waals surface area (Å²) < 4.78 is 1.85. The van der Waals surface area contributed by atoms with Crippen LogP contribution in [0.1, 0.15) is 12.5 Å². The molecule has 1 amide bonds. The molecule has 0 bridgehead atoms. The molecule has 1 aromatic carbocycles. The van der Waals surface area contributed by atoms with Crippen LogP contribution in [0.4, 0.5) is 0 Å². The third-order valence-corrected chi connectivity index (χ3v) is 2.59. The number of likely N-dealkylation sites (N-methyl/N-ethyl adjacent to an activating group) is 1. The predicted molar refractivity (Wildman–Crippen MR) is 65.3 cm³/mol. The predicted octanol–water partition coefficient (Wildman–Crippen LogP) is 1.65. The van der Waals surface area contributed by atoms with Gasteiger partial charge >= 0.3 is 0 Å². The molecule has 4 nitrogen and oxygen atoms in total. The summed E-state index contributed by atoms with van der Waals surface area (Å²) in [6.07, 6.45) is 1.86. The fourth-order valence-corrected chi connectivity index (χ4v) is 1.80. The van der Waals surface area contributed by atoms with E-state index in [-0.39, 0.29) is 12.5 Å². The number of carbonyl (C=O) groups is 1. The summed E-state index contributed by atoms with van der Waals surface area (Å²) in [5.74, 6) is -0.0210. The summed E-state index contributed by atoms with van der Waals surface area (Å²) >= 11 is 0. The number of fused-ring (bicyclic) bond motifs is 1. The van der Waals surface area contributed by atoms with E-state index in [0.717, 1.165) is 10.9 Å². The highest BCUT2D eigenvalue weighted by Crippen LogP contribution is 2.17. The molecule has 4 heteroatoms. The van der Waals surface area contributed by atoms with Gasteiger partial charge in [-0.3, -0.25) is 4.79 Å². The van der Waals surface area contributed by atoms with Crippen molar-refractivity contribution < 1.29 is 4.79 Å². The number of carbonyl (C=O) groups excluding carboxylic acids is 1. The second-order valence-corrected chi connectivity index (χ2v) is 3.78. The number of hydrogen-bond donors (Lipinski definition) is 1. The molecular formula is C13H13N3O. The summed E-state index contributed by atoms with van der Waals surface area (Å²) in [7, 11) is 0. The van der Waals surface area contributed by atoms with E-state index in [0.29, 0.717) is 12.1 Å². The fourth-order valence-electron chi connectivity index (χ4n) is 1.80. The molecular weight excluding hydrogens is 214 g/mol. The van der Waals surface area contributed by atoms with E-state index in [4.69, 9.17) is 5.26 Å². The van der Waals surface area contributed by atoms with Crippen molar-refractivity contribution in [3.63, 3.8) is 0 Å². The van der Waals surface area contributed by atoms with Gasteiger partial charge in [-0.1, -0.05) is 6.07 Å². The van der Waals surface area contributed by atoms with Crippen LogP contribution in [0.15, 0.2) is 30.5 Å². The Bertz CT molecular complexity index is 592. The zero-order valence-electron chi connectivity index (χ0n) is 9.60. The molecule has 1 aromatic heterocycles. The maximum absolute atomic E-state index is 11.5. The van der Waals surface area contributed by atoms with Gasteiger partial charge in [0.2, 0.25) is 5.91 Å². The Kier molecular flexibility index (Phi) is 3.10. The van der Waals surface area contributed by atoms with Crippen LogP contribution >= 0.6 is 0 Å². The molecule has 0 aliphatic heterocycles. The van der Waals surface area contributed by atoms with Crippen LogP contribution in [0.3, 0.4) is 0 Å². The highest BCUT2D eigenvalue weighted by Gasteiger charge is 2.05. The minimum absolute atomic E-state index is 0.0210. The molecule has 1 N–H and O–H groups in total. The van der Waals surface area contributed by atoms with Crippen molar-refractivity contribution in [1.82, 2.24) is 9.88 Å². The van der Waals surface area contributed by atoms with E-state index in [1.807, 2.05) is 29.8 Å². The third-order valence-electron chi connectivity index (χ3n) is 2.59. The molecule has 2 rings (SSSR count). The van der Waals surface area contributed by atoms with Crippen molar-refractivity contribution >= 4 is 16.8 Å². The van der Waals surface area contributed by atoms with Crippen LogP contribution in [0.2, 0.25) is 0 Å². The SMILES string of the molecule is CCNC(=O)Cn1ccc2ccc(C#N)cc21. The molecule has 1 heterocycles. The number of amides is 1. The first-order valence-electron chi connectivity index (χ1n) is 5.50. The first-order chi connectivity index (χ1) is 8.24. The van der Waals surface area contributed by atoms with Crippen LogP contribution < -0.4 is 5.32 Å². The molecule has 17 heavy (non-hydrogen) atoms. The average Bonchev–Trinajstić information content (AvgIpc) is 2.72. The molecule has 0 radical (unpaired) electrons. The maximum Gasteiger partial charge on any atom is 0.239 e. The first kappa shape index (κ1) is 11.2. The van der Waals surface area contributed by atoms with Gasteiger partial charge in [0.1, 0.15) is 6.54 Å². The largest absolute Gasteiger partial charge is 0.355 e. The summed E-state index contributed by atoms with van der Waals surface area (Å²) in [5, 5.41) is 12.6. The molecule has 0 fully saturated rings. The number of aromatic nitrogens is 1. The smallest absolute Gasteiger partial charge is 0.239 e.